The maximum Gasteiger partial charge on any atom is 0.128 e. The quantitative estimate of drug-likeness (QED) is 0.703. The van der Waals surface area contributed by atoms with Crippen LogP contribution >= 0.6 is 11.7 Å². The Balaban J connectivity index is 2.08. The van der Waals surface area contributed by atoms with Gasteiger partial charge in [0.2, 0.25) is 0 Å². The van der Waals surface area contributed by atoms with Gasteiger partial charge in [-0.3, -0.25) is 0 Å². The normalized spacial score (nSPS) is 27.4. The first kappa shape index (κ1) is 9.73. The summed E-state index contributed by atoms with van der Waals surface area (Å²) in [5, 5.41) is 0. The first-order chi connectivity index (χ1) is 6.85. The zero-order chi connectivity index (χ0) is 9.86. The van der Waals surface area contributed by atoms with E-state index in [9.17, 15) is 4.79 Å². The fourth-order valence-electron chi connectivity index (χ4n) is 1.77. The number of rotatable bonds is 3. The lowest BCUT2D eigenvalue weighted by Crippen LogP contribution is -2.35. The highest BCUT2D eigenvalue weighted by molar-refractivity contribution is 6.99. The van der Waals surface area contributed by atoms with Gasteiger partial charge in [0.1, 0.15) is 6.29 Å². The lowest BCUT2D eigenvalue weighted by atomic mass is 9.80. The molecular formula is C9H12N2O2S. The molecule has 1 fully saturated rings. The first-order valence-electron chi connectivity index (χ1n) is 4.65. The summed E-state index contributed by atoms with van der Waals surface area (Å²) in [5.74, 6) is 0. The summed E-state index contributed by atoms with van der Waals surface area (Å²) in [5.41, 5.74) is 0.543. The van der Waals surface area contributed by atoms with Crippen molar-refractivity contribution in [2.75, 3.05) is 13.2 Å². The van der Waals surface area contributed by atoms with Crippen LogP contribution in [0.4, 0.5) is 0 Å². The van der Waals surface area contributed by atoms with Crippen LogP contribution in [0.15, 0.2) is 6.20 Å². The summed E-state index contributed by atoms with van der Waals surface area (Å²) >= 11 is 1.18. The molecule has 0 N–H and O–H groups in total. The third kappa shape index (κ3) is 1.99. The third-order valence-corrected chi connectivity index (χ3v) is 3.06. The van der Waals surface area contributed by atoms with Crippen LogP contribution in [0.3, 0.4) is 0 Å². The zero-order valence-electron chi connectivity index (χ0n) is 7.81. The Morgan fingerprint density at radius 3 is 3.21 bits per heavy atom. The van der Waals surface area contributed by atoms with Crippen LogP contribution in [0.1, 0.15) is 18.5 Å². The van der Waals surface area contributed by atoms with Crippen LogP contribution in [0.2, 0.25) is 0 Å². The number of carbonyl (C=O) groups is 1. The van der Waals surface area contributed by atoms with Gasteiger partial charge < -0.3 is 9.53 Å². The van der Waals surface area contributed by atoms with E-state index in [4.69, 9.17) is 4.74 Å². The molecule has 0 aliphatic carbocycles. The molecule has 0 saturated carbocycles. The molecule has 2 rings (SSSR count). The highest BCUT2D eigenvalue weighted by Gasteiger charge is 2.33. The molecule has 1 unspecified atom stereocenters. The van der Waals surface area contributed by atoms with E-state index < -0.39 is 0 Å². The molecule has 1 aromatic rings. The van der Waals surface area contributed by atoms with Crippen LogP contribution in [-0.2, 0) is 16.0 Å². The summed E-state index contributed by atoms with van der Waals surface area (Å²) in [6.07, 6.45) is 5.26. The van der Waals surface area contributed by atoms with Crippen molar-refractivity contribution in [3.05, 3.63) is 11.9 Å². The minimum Gasteiger partial charge on any atom is -0.380 e. The van der Waals surface area contributed by atoms with Crippen molar-refractivity contribution in [2.24, 2.45) is 5.41 Å². The topological polar surface area (TPSA) is 52.1 Å². The van der Waals surface area contributed by atoms with E-state index in [1.807, 2.05) is 0 Å². The SMILES string of the molecule is O=CC1(Cc2cnsn2)CCCOC1. The molecule has 0 spiro atoms. The lowest BCUT2D eigenvalue weighted by molar-refractivity contribution is -0.123. The summed E-state index contributed by atoms with van der Waals surface area (Å²) in [4.78, 5) is 11.1. The summed E-state index contributed by atoms with van der Waals surface area (Å²) < 4.78 is 13.4. The molecule has 0 aromatic carbocycles. The number of aromatic nitrogens is 2. The molecular weight excluding hydrogens is 200 g/mol. The van der Waals surface area contributed by atoms with Crippen LogP contribution in [-0.4, -0.2) is 28.2 Å². The largest absolute Gasteiger partial charge is 0.380 e. The molecule has 0 radical (unpaired) electrons. The van der Waals surface area contributed by atoms with E-state index in [2.05, 4.69) is 8.75 Å². The van der Waals surface area contributed by atoms with Gasteiger partial charge in [-0.25, -0.2) is 0 Å². The van der Waals surface area contributed by atoms with Gasteiger partial charge in [-0.05, 0) is 12.8 Å². The van der Waals surface area contributed by atoms with Crippen molar-refractivity contribution < 1.29 is 9.53 Å². The Labute approximate surface area is 86.6 Å². The van der Waals surface area contributed by atoms with Gasteiger partial charge in [-0.15, -0.1) is 0 Å². The smallest absolute Gasteiger partial charge is 0.128 e. The number of hydrogen-bond donors (Lipinski definition) is 0. The Hall–Kier alpha value is -0.810. The molecule has 4 nitrogen and oxygen atoms in total. The molecule has 1 atom stereocenters. The van der Waals surface area contributed by atoms with E-state index in [1.165, 1.54) is 11.7 Å². The molecule has 1 aliphatic heterocycles. The standard InChI is InChI=1S/C9H12N2O2S/c12-6-9(2-1-3-13-7-9)4-8-5-10-14-11-8/h5-6H,1-4,7H2. The fourth-order valence-corrected chi connectivity index (χ4v) is 2.20. The van der Waals surface area contributed by atoms with E-state index in [-0.39, 0.29) is 5.41 Å². The van der Waals surface area contributed by atoms with Gasteiger partial charge in [0.05, 0.1) is 35.6 Å². The number of nitrogens with zero attached hydrogens (tertiary/aromatic N) is 2. The Morgan fingerprint density at radius 1 is 1.71 bits per heavy atom. The van der Waals surface area contributed by atoms with Crippen LogP contribution in [0, 0.1) is 5.41 Å². The number of aldehydes is 1. The molecule has 1 aromatic heterocycles. The van der Waals surface area contributed by atoms with Crippen LogP contribution in [0.25, 0.3) is 0 Å². The van der Waals surface area contributed by atoms with Gasteiger partial charge >= 0.3 is 0 Å². The fraction of sp³-hybridized carbons (Fsp3) is 0.667. The molecule has 0 amide bonds. The summed E-state index contributed by atoms with van der Waals surface area (Å²) in [6, 6.07) is 0. The maximum absolute atomic E-state index is 11.1. The lowest BCUT2D eigenvalue weighted by Gasteiger charge is -2.30. The monoisotopic (exact) mass is 212 g/mol. The van der Waals surface area contributed by atoms with E-state index in [1.54, 1.807) is 6.20 Å². The van der Waals surface area contributed by atoms with Crippen molar-refractivity contribution in [2.45, 2.75) is 19.3 Å². The first-order valence-corrected chi connectivity index (χ1v) is 5.38. The van der Waals surface area contributed by atoms with Gasteiger partial charge in [0, 0.05) is 13.0 Å². The molecule has 14 heavy (non-hydrogen) atoms. The maximum atomic E-state index is 11.1. The van der Waals surface area contributed by atoms with Crippen LogP contribution < -0.4 is 0 Å². The Bertz CT molecular complexity index is 294. The highest BCUT2D eigenvalue weighted by atomic mass is 32.1. The average molecular weight is 212 g/mol. The number of ether oxygens (including phenoxy) is 1. The predicted molar refractivity (Wildman–Crippen MR) is 52.2 cm³/mol. The van der Waals surface area contributed by atoms with Crippen molar-refractivity contribution in [1.82, 2.24) is 8.75 Å². The second-order valence-electron chi connectivity index (χ2n) is 3.71. The molecule has 5 heteroatoms. The van der Waals surface area contributed by atoms with Crippen LogP contribution in [0.5, 0.6) is 0 Å². The van der Waals surface area contributed by atoms with Gasteiger partial charge in [0.15, 0.2) is 0 Å². The average Bonchev–Trinajstić information content (AvgIpc) is 2.72. The minimum atomic E-state index is -0.353. The van der Waals surface area contributed by atoms with Gasteiger partial charge in [-0.2, -0.15) is 8.75 Å². The second-order valence-corrected chi connectivity index (χ2v) is 4.27. The molecule has 76 valence electrons. The van der Waals surface area contributed by atoms with Crippen molar-refractivity contribution in [3.63, 3.8) is 0 Å². The van der Waals surface area contributed by atoms with Crippen molar-refractivity contribution in [1.29, 1.82) is 0 Å². The van der Waals surface area contributed by atoms with E-state index in [0.29, 0.717) is 13.0 Å². The zero-order valence-corrected chi connectivity index (χ0v) is 8.63. The molecule has 0 bridgehead atoms. The van der Waals surface area contributed by atoms with E-state index in [0.717, 1.165) is 31.4 Å². The number of carbonyl (C=O) groups excluding carboxylic acids is 1. The Kier molecular flexibility index (Phi) is 2.88. The van der Waals surface area contributed by atoms with Gasteiger partial charge in [0.25, 0.3) is 0 Å². The Morgan fingerprint density at radius 2 is 2.64 bits per heavy atom. The second kappa shape index (κ2) is 4.14. The third-order valence-electron chi connectivity index (χ3n) is 2.54. The molecule has 2 heterocycles. The molecule has 1 aliphatic rings. The van der Waals surface area contributed by atoms with Crippen molar-refractivity contribution >= 4 is 18.0 Å². The van der Waals surface area contributed by atoms with Gasteiger partial charge in [-0.1, -0.05) is 0 Å². The minimum absolute atomic E-state index is 0.353. The van der Waals surface area contributed by atoms with E-state index >= 15 is 0 Å². The highest BCUT2D eigenvalue weighted by Crippen LogP contribution is 2.29. The molecule has 1 saturated heterocycles. The predicted octanol–water partition coefficient (Wildman–Crippen LogP) is 1.08. The van der Waals surface area contributed by atoms with Crippen molar-refractivity contribution in [3.8, 4) is 0 Å². The number of hydrogen-bond acceptors (Lipinski definition) is 5. The summed E-state index contributed by atoms with van der Waals surface area (Å²) in [7, 11) is 0. The summed E-state index contributed by atoms with van der Waals surface area (Å²) in [6.45, 7) is 1.29.